The molecular weight excluding hydrogens is 362 g/mol. The molecule has 0 saturated carbocycles. The first-order valence-corrected chi connectivity index (χ1v) is 10.7. The molecule has 4 rings (SSSR count). The molecular formula is C24H29N3O2. The first kappa shape index (κ1) is 19.6. The molecule has 5 heteroatoms. The summed E-state index contributed by atoms with van der Waals surface area (Å²) >= 11 is 0. The van der Waals surface area contributed by atoms with Crippen molar-refractivity contribution in [2.45, 2.75) is 45.6 Å². The number of likely N-dealkylation sites (tertiary alicyclic amines) is 1. The summed E-state index contributed by atoms with van der Waals surface area (Å²) in [5.41, 5.74) is 3.93. The summed E-state index contributed by atoms with van der Waals surface area (Å²) in [6.45, 7) is 5.23. The number of amides is 1. The SMILES string of the molecule is CCC(=O)Nc1ccc2c(CCC3CCN(Cc4ccccc4)CC3)noc2c1. The number of nitrogens with one attached hydrogen (secondary N) is 1. The van der Waals surface area contributed by atoms with Crippen molar-refractivity contribution in [3.63, 3.8) is 0 Å². The van der Waals surface area contributed by atoms with Gasteiger partial charge in [0.1, 0.15) is 0 Å². The van der Waals surface area contributed by atoms with Gasteiger partial charge in [0.25, 0.3) is 0 Å². The number of aryl methyl sites for hydroxylation is 1. The lowest BCUT2D eigenvalue weighted by atomic mass is 9.91. The van der Waals surface area contributed by atoms with E-state index in [2.05, 4.69) is 45.7 Å². The molecule has 1 N–H and O–H groups in total. The highest BCUT2D eigenvalue weighted by atomic mass is 16.5. The molecule has 29 heavy (non-hydrogen) atoms. The molecule has 1 saturated heterocycles. The summed E-state index contributed by atoms with van der Waals surface area (Å²) in [7, 11) is 0. The smallest absolute Gasteiger partial charge is 0.224 e. The minimum Gasteiger partial charge on any atom is -0.356 e. The van der Waals surface area contributed by atoms with Crippen LogP contribution in [0.1, 0.15) is 43.9 Å². The monoisotopic (exact) mass is 391 g/mol. The Balaban J connectivity index is 1.28. The summed E-state index contributed by atoms with van der Waals surface area (Å²) in [6.07, 6.45) is 5.04. The molecule has 2 aromatic carbocycles. The fourth-order valence-electron chi connectivity index (χ4n) is 4.11. The average molecular weight is 392 g/mol. The quantitative estimate of drug-likeness (QED) is 0.614. The Morgan fingerprint density at radius 1 is 1.17 bits per heavy atom. The van der Waals surface area contributed by atoms with Gasteiger partial charge in [-0.15, -0.1) is 0 Å². The third kappa shape index (κ3) is 5.04. The molecule has 1 aromatic heterocycles. The van der Waals surface area contributed by atoms with E-state index in [1.807, 2.05) is 25.1 Å². The van der Waals surface area contributed by atoms with E-state index in [1.165, 1.54) is 31.5 Å². The van der Waals surface area contributed by atoms with E-state index in [4.69, 9.17) is 4.52 Å². The molecule has 1 fully saturated rings. The highest BCUT2D eigenvalue weighted by molar-refractivity contribution is 5.93. The molecule has 0 aliphatic carbocycles. The number of hydrogen-bond acceptors (Lipinski definition) is 4. The second-order valence-electron chi connectivity index (χ2n) is 7.99. The van der Waals surface area contributed by atoms with Gasteiger partial charge in [-0.05, 0) is 62.4 Å². The Kier molecular flexibility index (Phi) is 6.25. The maximum absolute atomic E-state index is 11.6. The average Bonchev–Trinajstić information content (AvgIpc) is 3.16. The van der Waals surface area contributed by atoms with Crippen molar-refractivity contribution in [1.82, 2.24) is 10.1 Å². The van der Waals surface area contributed by atoms with Gasteiger partial charge in [-0.2, -0.15) is 0 Å². The Bertz CT molecular complexity index is 943. The predicted octanol–water partition coefficient (Wildman–Crippen LogP) is 5.02. The number of carbonyl (C=O) groups is 1. The van der Waals surface area contributed by atoms with E-state index in [0.717, 1.165) is 47.7 Å². The van der Waals surface area contributed by atoms with Crippen molar-refractivity contribution in [2.24, 2.45) is 5.92 Å². The number of carbonyl (C=O) groups excluding carboxylic acids is 1. The zero-order valence-electron chi connectivity index (χ0n) is 17.1. The van der Waals surface area contributed by atoms with E-state index < -0.39 is 0 Å². The standard InChI is InChI=1S/C24H29N3O2/c1-2-24(28)25-20-9-10-21-22(26-29-23(21)16-20)11-8-18-12-14-27(15-13-18)17-19-6-4-3-5-7-19/h3-7,9-10,16,18H,2,8,11-15,17H2,1H3,(H,25,28). The zero-order chi connectivity index (χ0) is 20.1. The van der Waals surface area contributed by atoms with Crippen LogP contribution in [-0.2, 0) is 17.8 Å². The molecule has 2 heterocycles. The number of nitrogens with zero attached hydrogens (tertiary/aromatic N) is 2. The highest BCUT2D eigenvalue weighted by Gasteiger charge is 2.20. The molecule has 1 aliphatic rings. The van der Waals surface area contributed by atoms with Crippen LogP contribution in [0.5, 0.6) is 0 Å². The fourth-order valence-corrected chi connectivity index (χ4v) is 4.11. The van der Waals surface area contributed by atoms with Gasteiger partial charge >= 0.3 is 0 Å². The van der Waals surface area contributed by atoms with Crippen molar-refractivity contribution in [2.75, 3.05) is 18.4 Å². The molecule has 5 nitrogen and oxygen atoms in total. The van der Waals surface area contributed by atoms with Gasteiger partial charge in [0.15, 0.2) is 5.58 Å². The van der Waals surface area contributed by atoms with E-state index in [9.17, 15) is 4.79 Å². The van der Waals surface area contributed by atoms with Gasteiger partial charge in [-0.1, -0.05) is 42.4 Å². The first-order valence-electron chi connectivity index (χ1n) is 10.7. The van der Waals surface area contributed by atoms with E-state index in [-0.39, 0.29) is 5.91 Å². The van der Waals surface area contributed by atoms with Gasteiger partial charge in [0.2, 0.25) is 5.91 Å². The molecule has 3 aromatic rings. The predicted molar refractivity (Wildman–Crippen MR) is 116 cm³/mol. The van der Waals surface area contributed by atoms with Gasteiger partial charge in [0.05, 0.1) is 5.69 Å². The number of rotatable bonds is 7. The third-order valence-corrected chi connectivity index (χ3v) is 5.90. The van der Waals surface area contributed by atoms with Crippen molar-refractivity contribution in [1.29, 1.82) is 0 Å². The Labute approximate surface area is 172 Å². The van der Waals surface area contributed by atoms with Crippen LogP contribution in [0.4, 0.5) is 5.69 Å². The summed E-state index contributed by atoms with van der Waals surface area (Å²) in [5.74, 6) is 0.750. The van der Waals surface area contributed by atoms with Gasteiger partial charge in [0, 0.05) is 30.1 Å². The van der Waals surface area contributed by atoms with Crippen molar-refractivity contribution >= 4 is 22.6 Å². The minimum atomic E-state index is 0.00250. The van der Waals surface area contributed by atoms with Crippen molar-refractivity contribution in [3.05, 3.63) is 59.8 Å². The Morgan fingerprint density at radius 3 is 2.72 bits per heavy atom. The summed E-state index contributed by atoms with van der Waals surface area (Å²) in [6, 6.07) is 16.5. The number of anilines is 1. The third-order valence-electron chi connectivity index (χ3n) is 5.90. The van der Waals surface area contributed by atoms with Crippen molar-refractivity contribution < 1.29 is 9.32 Å². The van der Waals surface area contributed by atoms with Crippen LogP contribution < -0.4 is 5.32 Å². The molecule has 0 unspecified atom stereocenters. The molecule has 0 atom stereocenters. The highest BCUT2D eigenvalue weighted by Crippen LogP contribution is 2.27. The van der Waals surface area contributed by atoms with E-state index >= 15 is 0 Å². The van der Waals surface area contributed by atoms with Crippen LogP contribution in [0.2, 0.25) is 0 Å². The van der Waals surface area contributed by atoms with Crippen LogP contribution in [-0.4, -0.2) is 29.1 Å². The number of benzene rings is 2. The van der Waals surface area contributed by atoms with Gasteiger partial charge in [-0.3, -0.25) is 9.69 Å². The number of fused-ring (bicyclic) bond motifs is 1. The van der Waals surface area contributed by atoms with E-state index in [1.54, 1.807) is 0 Å². The molecule has 152 valence electrons. The minimum absolute atomic E-state index is 0.00250. The molecule has 0 radical (unpaired) electrons. The lowest BCUT2D eigenvalue weighted by Crippen LogP contribution is -2.33. The molecule has 0 spiro atoms. The second kappa shape index (κ2) is 9.23. The topological polar surface area (TPSA) is 58.4 Å². The normalized spacial score (nSPS) is 15.6. The lowest BCUT2D eigenvalue weighted by molar-refractivity contribution is -0.115. The summed E-state index contributed by atoms with van der Waals surface area (Å²) in [4.78, 5) is 14.1. The fraction of sp³-hybridized carbons (Fsp3) is 0.417. The lowest BCUT2D eigenvalue weighted by Gasteiger charge is -2.31. The molecule has 1 amide bonds. The zero-order valence-corrected chi connectivity index (χ0v) is 17.1. The van der Waals surface area contributed by atoms with E-state index in [0.29, 0.717) is 6.42 Å². The maximum Gasteiger partial charge on any atom is 0.224 e. The largest absolute Gasteiger partial charge is 0.356 e. The number of hydrogen-bond donors (Lipinski definition) is 1. The molecule has 0 bridgehead atoms. The Morgan fingerprint density at radius 2 is 1.97 bits per heavy atom. The Hall–Kier alpha value is -2.66. The van der Waals surface area contributed by atoms with Crippen LogP contribution in [0.3, 0.4) is 0 Å². The number of aromatic nitrogens is 1. The maximum atomic E-state index is 11.6. The van der Waals surface area contributed by atoms with Crippen LogP contribution in [0, 0.1) is 5.92 Å². The second-order valence-corrected chi connectivity index (χ2v) is 7.99. The van der Waals surface area contributed by atoms with Gasteiger partial charge in [-0.25, -0.2) is 0 Å². The summed E-state index contributed by atoms with van der Waals surface area (Å²) < 4.78 is 5.52. The number of piperidine rings is 1. The first-order chi connectivity index (χ1) is 14.2. The van der Waals surface area contributed by atoms with Crippen LogP contribution in [0.25, 0.3) is 11.0 Å². The van der Waals surface area contributed by atoms with Crippen LogP contribution in [0.15, 0.2) is 53.1 Å². The van der Waals surface area contributed by atoms with Crippen LogP contribution >= 0.6 is 0 Å². The van der Waals surface area contributed by atoms with Crippen molar-refractivity contribution in [3.8, 4) is 0 Å². The molecule has 1 aliphatic heterocycles. The summed E-state index contributed by atoms with van der Waals surface area (Å²) in [5, 5.41) is 8.22. The van der Waals surface area contributed by atoms with Gasteiger partial charge < -0.3 is 9.84 Å².